The highest BCUT2D eigenvalue weighted by molar-refractivity contribution is 7.92. The number of methoxy groups -OCH3 is 1. The van der Waals surface area contributed by atoms with Crippen molar-refractivity contribution in [2.24, 2.45) is 0 Å². The molecule has 0 spiro atoms. The van der Waals surface area contributed by atoms with E-state index >= 15 is 0 Å². The maximum atomic E-state index is 14.5. The van der Waals surface area contributed by atoms with Gasteiger partial charge in [-0.15, -0.1) is 0 Å². The number of ether oxygens (including phenoxy) is 1. The Kier molecular flexibility index (Phi) is 11.6. The van der Waals surface area contributed by atoms with E-state index in [2.05, 4.69) is 5.32 Å². The highest BCUT2D eigenvalue weighted by Crippen LogP contribution is 2.29. The lowest BCUT2D eigenvalue weighted by atomic mass is 10.0. The number of carbonyl (C=O) groups excluding carboxylic acids is 2. The molecular formula is C35H38ClN3O5S. The smallest absolute Gasteiger partial charge is 0.264 e. The molecule has 0 aliphatic heterocycles. The van der Waals surface area contributed by atoms with Gasteiger partial charge in [0, 0.05) is 24.5 Å². The van der Waals surface area contributed by atoms with Crippen molar-refractivity contribution in [3.05, 3.63) is 125 Å². The average molecular weight is 648 g/mol. The van der Waals surface area contributed by atoms with Crippen LogP contribution in [0, 0.1) is 6.92 Å². The van der Waals surface area contributed by atoms with Crippen LogP contribution in [-0.4, -0.2) is 51.4 Å². The molecule has 4 aromatic rings. The molecule has 1 atom stereocenters. The Morgan fingerprint density at radius 2 is 1.56 bits per heavy atom. The Bertz CT molecular complexity index is 1700. The van der Waals surface area contributed by atoms with E-state index in [1.54, 1.807) is 55.6 Å². The number of aryl methyl sites for hydroxylation is 1. The second kappa shape index (κ2) is 15.6. The summed E-state index contributed by atoms with van der Waals surface area (Å²) in [7, 11) is -2.66. The lowest BCUT2D eigenvalue weighted by Crippen LogP contribution is -2.53. The molecule has 1 N–H and O–H groups in total. The maximum Gasteiger partial charge on any atom is 0.264 e. The van der Waals surface area contributed by atoms with Crippen LogP contribution in [0.2, 0.25) is 5.02 Å². The van der Waals surface area contributed by atoms with Crippen LogP contribution in [0.25, 0.3) is 0 Å². The second-order valence-corrected chi connectivity index (χ2v) is 12.9. The van der Waals surface area contributed by atoms with Crippen molar-refractivity contribution in [1.82, 2.24) is 10.2 Å². The van der Waals surface area contributed by atoms with Crippen molar-refractivity contribution in [1.29, 1.82) is 0 Å². The summed E-state index contributed by atoms with van der Waals surface area (Å²) in [4.78, 5) is 29.7. The van der Waals surface area contributed by atoms with E-state index in [1.807, 2.05) is 50.2 Å². The Labute approximate surface area is 270 Å². The number of nitrogens with zero attached hydrogens (tertiary/aromatic N) is 2. The first kappa shape index (κ1) is 33.6. The molecule has 0 saturated carbocycles. The van der Waals surface area contributed by atoms with Gasteiger partial charge in [0.15, 0.2) is 0 Å². The first-order chi connectivity index (χ1) is 21.6. The molecule has 236 valence electrons. The molecule has 0 aromatic heterocycles. The predicted molar refractivity (Wildman–Crippen MR) is 178 cm³/mol. The second-order valence-electron chi connectivity index (χ2n) is 10.6. The number of hydrogen-bond donors (Lipinski definition) is 1. The number of benzene rings is 4. The van der Waals surface area contributed by atoms with Gasteiger partial charge in [0.2, 0.25) is 11.8 Å². The van der Waals surface area contributed by atoms with Crippen LogP contribution in [0.1, 0.15) is 30.0 Å². The molecule has 10 heteroatoms. The molecule has 2 amide bonds. The lowest BCUT2D eigenvalue weighted by Gasteiger charge is -2.34. The molecular weight excluding hydrogens is 610 g/mol. The largest absolute Gasteiger partial charge is 0.497 e. The van der Waals surface area contributed by atoms with Gasteiger partial charge in [-0.2, -0.15) is 0 Å². The van der Waals surface area contributed by atoms with E-state index in [0.29, 0.717) is 23.7 Å². The summed E-state index contributed by atoms with van der Waals surface area (Å²) in [6.07, 6.45) is 0.943. The fraction of sp³-hybridized carbons (Fsp3) is 0.257. The molecule has 45 heavy (non-hydrogen) atoms. The van der Waals surface area contributed by atoms with Gasteiger partial charge >= 0.3 is 0 Å². The number of halogens is 1. The highest BCUT2D eigenvalue weighted by atomic mass is 35.5. The number of carbonyl (C=O) groups is 2. The summed E-state index contributed by atoms with van der Waals surface area (Å²) >= 11 is 6.44. The minimum absolute atomic E-state index is 0.0235. The van der Waals surface area contributed by atoms with Gasteiger partial charge < -0.3 is 15.0 Å². The van der Waals surface area contributed by atoms with E-state index in [1.165, 1.54) is 23.1 Å². The van der Waals surface area contributed by atoms with E-state index in [4.69, 9.17) is 16.3 Å². The lowest BCUT2D eigenvalue weighted by molar-refractivity contribution is -0.140. The molecule has 4 rings (SSSR count). The van der Waals surface area contributed by atoms with Gasteiger partial charge in [0.1, 0.15) is 18.3 Å². The Morgan fingerprint density at radius 3 is 2.20 bits per heavy atom. The van der Waals surface area contributed by atoms with Gasteiger partial charge in [0.05, 0.1) is 17.7 Å². The van der Waals surface area contributed by atoms with Crippen LogP contribution in [0.3, 0.4) is 0 Å². The summed E-state index contributed by atoms with van der Waals surface area (Å²) in [5.74, 6) is -0.285. The van der Waals surface area contributed by atoms with Crippen LogP contribution < -0.4 is 14.4 Å². The first-order valence-electron chi connectivity index (χ1n) is 14.7. The maximum absolute atomic E-state index is 14.5. The Morgan fingerprint density at radius 1 is 0.889 bits per heavy atom. The summed E-state index contributed by atoms with van der Waals surface area (Å²) in [6.45, 7) is 3.67. The quantitative estimate of drug-likeness (QED) is 0.181. The van der Waals surface area contributed by atoms with Crippen LogP contribution in [0.4, 0.5) is 5.69 Å². The molecule has 0 bridgehead atoms. The number of sulfonamides is 1. The fourth-order valence-corrected chi connectivity index (χ4v) is 6.47. The molecule has 8 nitrogen and oxygen atoms in total. The normalized spacial score (nSPS) is 11.8. The zero-order chi connectivity index (χ0) is 32.4. The molecule has 0 aliphatic rings. The van der Waals surface area contributed by atoms with Crippen molar-refractivity contribution in [3.63, 3.8) is 0 Å². The van der Waals surface area contributed by atoms with Crippen LogP contribution in [-0.2, 0) is 32.6 Å². The monoisotopic (exact) mass is 647 g/mol. The summed E-state index contributed by atoms with van der Waals surface area (Å²) < 4.78 is 34.6. The zero-order valence-corrected chi connectivity index (χ0v) is 27.2. The molecule has 4 aromatic carbocycles. The van der Waals surface area contributed by atoms with Crippen LogP contribution in [0.5, 0.6) is 5.75 Å². The van der Waals surface area contributed by atoms with Crippen molar-refractivity contribution in [2.75, 3.05) is 24.5 Å². The van der Waals surface area contributed by atoms with E-state index in [-0.39, 0.29) is 29.5 Å². The van der Waals surface area contributed by atoms with E-state index < -0.39 is 28.5 Å². The van der Waals surface area contributed by atoms with Gasteiger partial charge in [0.25, 0.3) is 10.0 Å². The zero-order valence-electron chi connectivity index (χ0n) is 25.6. The SMILES string of the molecule is CCCNC(=O)[C@H](Cc1ccccc1)N(Cc1cccc(OC)c1)C(=O)CN(c1ccc(C)c(Cl)c1)S(=O)(=O)c1ccccc1. The highest BCUT2D eigenvalue weighted by Gasteiger charge is 2.34. The number of anilines is 1. The van der Waals surface area contributed by atoms with Gasteiger partial charge in [-0.1, -0.05) is 85.3 Å². The van der Waals surface area contributed by atoms with E-state index in [9.17, 15) is 18.0 Å². The minimum atomic E-state index is -4.21. The third-order valence-electron chi connectivity index (χ3n) is 7.36. The molecule has 0 heterocycles. The molecule has 0 radical (unpaired) electrons. The standard InChI is InChI=1S/C35H38ClN3O5S/c1-4-20-37-35(41)33(22-27-12-7-5-8-13-27)38(24-28-14-11-15-30(21-28)44-3)34(40)25-39(29-19-18-26(2)32(36)23-29)45(42,43)31-16-9-6-10-17-31/h5-19,21,23,33H,4,20,22,24-25H2,1-3H3,(H,37,41)/t33-/m0/s1. The predicted octanol–water partition coefficient (Wildman–Crippen LogP) is 6.02. The Hall–Kier alpha value is -4.34. The molecule has 0 unspecified atom stereocenters. The van der Waals surface area contributed by atoms with Gasteiger partial charge in [-0.05, 0) is 66.4 Å². The summed E-state index contributed by atoms with van der Waals surface area (Å²) in [5.41, 5.74) is 2.58. The molecule has 0 fully saturated rings. The third kappa shape index (κ3) is 8.65. The minimum Gasteiger partial charge on any atom is -0.497 e. The summed E-state index contributed by atoms with van der Waals surface area (Å²) in [5, 5.41) is 3.31. The fourth-order valence-electron chi connectivity index (χ4n) is 4.87. The summed E-state index contributed by atoms with van der Waals surface area (Å²) in [6, 6.07) is 28.5. The number of nitrogens with one attached hydrogen (secondary N) is 1. The topological polar surface area (TPSA) is 96.0 Å². The number of amides is 2. The number of hydrogen-bond acceptors (Lipinski definition) is 5. The Balaban J connectivity index is 1.81. The van der Waals surface area contributed by atoms with Crippen molar-refractivity contribution < 1.29 is 22.7 Å². The number of rotatable bonds is 14. The first-order valence-corrected chi connectivity index (χ1v) is 16.5. The van der Waals surface area contributed by atoms with Crippen molar-refractivity contribution in [2.45, 2.75) is 44.2 Å². The van der Waals surface area contributed by atoms with E-state index in [0.717, 1.165) is 21.0 Å². The van der Waals surface area contributed by atoms with Crippen molar-refractivity contribution >= 4 is 39.1 Å². The van der Waals surface area contributed by atoms with Gasteiger partial charge in [-0.3, -0.25) is 13.9 Å². The van der Waals surface area contributed by atoms with Crippen molar-refractivity contribution in [3.8, 4) is 5.75 Å². The molecule has 0 aliphatic carbocycles. The van der Waals surface area contributed by atoms with Crippen LogP contribution in [0.15, 0.2) is 108 Å². The van der Waals surface area contributed by atoms with Gasteiger partial charge in [-0.25, -0.2) is 8.42 Å². The molecule has 0 saturated heterocycles. The third-order valence-corrected chi connectivity index (χ3v) is 9.56. The average Bonchev–Trinajstić information content (AvgIpc) is 3.06. The van der Waals surface area contributed by atoms with Crippen LogP contribution >= 0.6 is 11.6 Å².